The molecule has 1 spiro atoms. The maximum Gasteiger partial charge on any atom is 0.228 e. The van der Waals surface area contributed by atoms with Gasteiger partial charge in [0.2, 0.25) is 11.7 Å². The average Bonchev–Trinajstić information content (AvgIpc) is 2.91. The molecule has 2 bridgehead atoms. The molecule has 0 radical (unpaired) electrons. The summed E-state index contributed by atoms with van der Waals surface area (Å²) in [5, 5.41) is 0. The van der Waals surface area contributed by atoms with Crippen molar-refractivity contribution < 1.29 is 19.3 Å². The predicted octanol–water partition coefficient (Wildman–Crippen LogP) is 3.28. The van der Waals surface area contributed by atoms with Gasteiger partial charge in [-0.05, 0) is 50.2 Å². The van der Waals surface area contributed by atoms with Crippen LogP contribution in [0, 0.1) is 23.7 Å². The molecular weight excluding hydrogens is 344 g/mol. The van der Waals surface area contributed by atoms with E-state index in [9.17, 15) is 4.79 Å². The van der Waals surface area contributed by atoms with Crippen LogP contribution in [0.3, 0.4) is 0 Å². The molecule has 5 fully saturated rings. The largest absolute Gasteiger partial charge is 0.321 e. The summed E-state index contributed by atoms with van der Waals surface area (Å²) in [4.78, 5) is 31.8. The van der Waals surface area contributed by atoms with Gasteiger partial charge in [0, 0.05) is 24.5 Å². The molecule has 6 heteroatoms. The first-order valence-corrected chi connectivity index (χ1v) is 10.2. The van der Waals surface area contributed by atoms with Crippen LogP contribution in [0.25, 0.3) is 0 Å². The molecule has 1 aromatic rings. The molecule has 0 unspecified atom stereocenters. The molecule has 7 atom stereocenters. The lowest BCUT2D eigenvalue weighted by atomic mass is 9.57. The zero-order valence-corrected chi connectivity index (χ0v) is 16.3. The molecule has 5 aliphatic rings. The SMILES string of the molecule is C[C@@H]1CC[C@H]2[C@@H](C)C(=O)N(Cc3ccccn3)[C@@H]3O[C@]4(C)CC[C@@H]1[C@@]23OO4. The summed E-state index contributed by atoms with van der Waals surface area (Å²) >= 11 is 0. The van der Waals surface area contributed by atoms with Crippen LogP contribution in [0.5, 0.6) is 0 Å². The van der Waals surface area contributed by atoms with Gasteiger partial charge in [0.1, 0.15) is 0 Å². The quantitative estimate of drug-likeness (QED) is 0.746. The second kappa shape index (κ2) is 6.00. The van der Waals surface area contributed by atoms with E-state index in [1.54, 1.807) is 6.20 Å². The van der Waals surface area contributed by atoms with Gasteiger partial charge in [-0.25, -0.2) is 9.78 Å². The lowest BCUT2D eigenvalue weighted by Crippen LogP contribution is -2.74. The van der Waals surface area contributed by atoms with Crippen molar-refractivity contribution in [3.8, 4) is 0 Å². The van der Waals surface area contributed by atoms with Crippen LogP contribution in [0.4, 0.5) is 0 Å². The van der Waals surface area contributed by atoms with Crippen molar-refractivity contribution in [1.29, 1.82) is 0 Å². The van der Waals surface area contributed by atoms with E-state index in [-0.39, 0.29) is 17.7 Å². The van der Waals surface area contributed by atoms with Gasteiger partial charge in [-0.2, -0.15) is 0 Å². The van der Waals surface area contributed by atoms with Crippen LogP contribution in [0.2, 0.25) is 0 Å². The van der Waals surface area contributed by atoms with Crippen LogP contribution < -0.4 is 0 Å². The molecule has 1 saturated carbocycles. The van der Waals surface area contributed by atoms with Crippen molar-refractivity contribution in [2.24, 2.45) is 23.7 Å². The molecule has 1 amide bonds. The minimum absolute atomic E-state index is 0.116. The first kappa shape index (κ1) is 17.6. The first-order valence-electron chi connectivity index (χ1n) is 10.2. The number of hydrogen-bond donors (Lipinski definition) is 0. The summed E-state index contributed by atoms with van der Waals surface area (Å²) in [5.41, 5.74) is 0.276. The Labute approximate surface area is 160 Å². The normalized spacial score (nSPS) is 46.1. The van der Waals surface area contributed by atoms with Crippen LogP contribution in [0.15, 0.2) is 24.4 Å². The summed E-state index contributed by atoms with van der Waals surface area (Å²) in [6.45, 7) is 6.71. The number of likely N-dealkylation sites (tertiary alicyclic amines) is 1. The molecule has 0 N–H and O–H groups in total. The Morgan fingerprint density at radius 2 is 2.04 bits per heavy atom. The Kier molecular flexibility index (Phi) is 3.91. The topological polar surface area (TPSA) is 60.9 Å². The number of ether oxygens (including phenoxy) is 1. The van der Waals surface area contributed by atoms with E-state index in [1.165, 1.54) is 0 Å². The second-order valence-electron chi connectivity index (χ2n) is 9.01. The average molecular weight is 372 g/mol. The number of fused-ring (bicyclic) bond motifs is 2. The lowest BCUT2D eigenvalue weighted by molar-refractivity contribution is -0.548. The van der Waals surface area contributed by atoms with Crippen LogP contribution in [0.1, 0.15) is 52.1 Å². The zero-order valence-electron chi connectivity index (χ0n) is 16.3. The third-order valence-corrected chi connectivity index (χ3v) is 7.42. The smallest absolute Gasteiger partial charge is 0.228 e. The fourth-order valence-corrected chi connectivity index (χ4v) is 5.98. The van der Waals surface area contributed by atoms with Gasteiger partial charge in [-0.1, -0.05) is 19.9 Å². The number of piperidine rings is 1. The molecular formula is C21H28N2O4. The predicted molar refractivity (Wildman–Crippen MR) is 96.7 cm³/mol. The molecule has 6 rings (SSSR count). The number of amides is 1. The number of rotatable bonds is 2. The summed E-state index contributed by atoms with van der Waals surface area (Å²) in [6, 6.07) is 5.80. The molecule has 6 nitrogen and oxygen atoms in total. The van der Waals surface area contributed by atoms with Crippen molar-refractivity contribution in [2.45, 2.75) is 70.6 Å². The van der Waals surface area contributed by atoms with Crippen molar-refractivity contribution in [1.82, 2.24) is 9.88 Å². The lowest BCUT2D eigenvalue weighted by Gasteiger charge is -2.61. The van der Waals surface area contributed by atoms with E-state index in [0.717, 1.165) is 31.4 Å². The van der Waals surface area contributed by atoms with Crippen LogP contribution >= 0.6 is 0 Å². The van der Waals surface area contributed by atoms with Gasteiger partial charge in [0.05, 0.1) is 12.2 Å². The van der Waals surface area contributed by atoms with Crippen LogP contribution in [-0.4, -0.2) is 33.4 Å². The minimum Gasteiger partial charge on any atom is -0.321 e. The molecule has 1 aromatic heterocycles. The Bertz CT molecular complexity index is 743. The fourth-order valence-electron chi connectivity index (χ4n) is 5.98. The summed E-state index contributed by atoms with van der Waals surface area (Å²) in [5.74, 6) is 0.185. The Morgan fingerprint density at radius 3 is 2.81 bits per heavy atom. The summed E-state index contributed by atoms with van der Waals surface area (Å²) < 4.78 is 6.51. The van der Waals surface area contributed by atoms with Crippen molar-refractivity contribution in [3.05, 3.63) is 30.1 Å². The monoisotopic (exact) mass is 372 g/mol. The number of pyridine rings is 1. The highest BCUT2D eigenvalue weighted by atomic mass is 17.3. The van der Waals surface area contributed by atoms with E-state index >= 15 is 0 Å². The highest BCUT2D eigenvalue weighted by Gasteiger charge is 2.70. The maximum absolute atomic E-state index is 13.4. The van der Waals surface area contributed by atoms with Gasteiger partial charge in [-0.15, -0.1) is 0 Å². The highest BCUT2D eigenvalue weighted by Crippen LogP contribution is 2.60. The third-order valence-electron chi connectivity index (χ3n) is 7.42. The van der Waals surface area contributed by atoms with Crippen molar-refractivity contribution in [2.75, 3.05) is 0 Å². The molecule has 4 saturated heterocycles. The van der Waals surface area contributed by atoms with E-state index in [4.69, 9.17) is 14.5 Å². The van der Waals surface area contributed by atoms with Gasteiger partial charge in [0.15, 0.2) is 11.8 Å². The van der Waals surface area contributed by atoms with Crippen molar-refractivity contribution >= 4 is 5.91 Å². The minimum atomic E-state index is -0.805. The molecule has 4 aliphatic heterocycles. The fraction of sp³-hybridized carbons (Fsp3) is 0.714. The molecule has 5 heterocycles. The van der Waals surface area contributed by atoms with E-state index in [0.29, 0.717) is 18.4 Å². The number of carbonyl (C=O) groups excluding carboxylic acids is 1. The maximum atomic E-state index is 13.4. The number of aromatic nitrogens is 1. The van der Waals surface area contributed by atoms with Crippen LogP contribution in [-0.2, 0) is 25.9 Å². The zero-order chi connectivity index (χ0) is 18.8. The van der Waals surface area contributed by atoms with Gasteiger partial charge < -0.3 is 9.64 Å². The standard InChI is InChI=1S/C21H28N2O4/c1-13-7-8-17-14(2)18(24)23(12-15-6-4-5-11-22-15)19-21(17)16(13)9-10-20(3,25-19)26-27-21/h4-6,11,13-14,16-17,19H,7-10,12H2,1-3H3/t13-,14-,16+,17+,19-,20+,21-/m1/s1. The Hall–Kier alpha value is -1.50. The number of carbonyl (C=O) groups is 1. The van der Waals surface area contributed by atoms with E-state index in [1.807, 2.05) is 36.9 Å². The van der Waals surface area contributed by atoms with Crippen molar-refractivity contribution in [3.63, 3.8) is 0 Å². The second-order valence-corrected chi connectivity index (χ2v) is 9.01. The molecule has 27 heavy (non-hydrogen) atoms. The first-order chi connectivity index (χ1) is 12.9. The van der Waals surface area contributed by atoms with Gasteiger partial charge in [0.25, 0.3) is 0 Å². The Morgan fingerprint density at radius 1 is 1.19 bits per heavy atom. The Balaban J connectivity index is 1.61. The van der Waals surface area contributed by atoms with E-state index in [2.05, 4.69) is 11.9 Å². The van der Waals surface area contributed by atoms with Gasteiger partial charge >= 0.3 is 0 Å². The number of hydrogen-bond acceptors (Lipinski definition) is 5. The molecule has 0 aromatic carbocycles. The molecule has 1 aliphatic carbocycles. The summed E-state index contributed by atoms with van der Waals surface area (Å²) in [7, 11) is 0. The highest BCUT2D eigenvalue weighted by molar-refractivity contribution is 5.80. The van der Waals surface area contributed by atoms with E-state index < -0.39 is 17.6 Å². The summed E-state index contributed by atoms with van der Waals surface area (Å²) in [6.07, 6.45) is 5.22. The molecule has 146 valence electrons. The number of nitrogens with zero attached hydrogens (tertiary/aromatic N) is 2. The van der Waals surface area contributed by atoms with Gasteiger partial charge in [-0.3, -0.25) is 9.78 Å². The third kappa shape index (κ3) is 2.43.